The SMILES string of the molecule is [C-]#[N+]c1cc([C@H](CCO)N(O)C(=O)OC(C)(C)C)cnc1C. The average molecular weight is 307 g/mol. The van der Waals surface area contributed by atoms with E-state index in [0.29, 0.717) is 22.0 Å². The topological polar surface area (TPSA) is 87.2 Å². The van der Waals surface area contributed by atoms with Gasteiger partial charge in [-0.25, -0.2) is 9.64 Å². The molecular weight excluding hydrogens is 286 g/mol. The summed E-state index contributed by atoms with van der Waals surface area (Å²) in [6.07, 6.45) is 0.645. The highest BCUT2D eigenvalue weighted by atomic mass is 16.6. The third kappa shape index (κ3) is 4.69. The number of aliphatic hydroxyl groups excluding tert-OH is 1. The van der Waals surface area contributed by atoms with E-state index in [-0.39, 0.29) is 13.0 Å². The Morgan fingerprint density at radius 2 is 2.18 bits per heavy atom. The number of amides is 1. The number of ether oxygens (including phenoxy) is 1. The molecule has 0 aliphatic heterocycles. The van der Waals surface area contributed by atoms with Gasteiger partial charge in [-0.3, -0.25) is 10.2 Å². The Kier molecular flexibility index (Phi) is 5.85. The quantitative estimate of drug-likeness (QED) is 0.507. The molecule has 1 amide bonds. The van der Waals surface area contributed by atoms with Gasteiger partial charge in [0, 0.05) is 18.5 Å². The van der Waals surface area contributed by atoms with Crippen LogP contribution in [-0.2, 0) is 4.74 Å². The number of carbonyl (C=O) groups excluding carboxylic acids is 1. The Morgan fingerprint density at radius 3 is 2.68 bits per heavy atom. The van der Waals surface area contributed by atoms with E-state index in [0.717, 1.165) is 0 Å². The summed E-state index contributed by atoms with van der Waals surface area (Å²) in [4.78, 5) is 19.4. The molecule has 1 aromatic heterocycles. The highest BCUT2D eigenvalue weighted by molar-refractivity contribution is 5.67. The average Bonchev–Trinajstić information content (AvgIpc) is 2.43. The first-order valence-electron chi connectivity index (χ1n) is 6.85. The van der Waals surface area contributed by atoms with E-state index in [2.05, 4.69) is 9.83 Å². The van der Waals surface area contributed by atoms with Crippen LogP contribution in [0.25, 0.3) is 4.85 Å². The van der Waals surface area contributed by atoms with E-state index in [1.165, 1.54) is 6.20 Å². The molecule has 1 aromatic rings. The third-order valence-corrected chi connectivity index (χ3v) is 2.86. The zero-order valence-corrected chi connectivity index (χ0v) is 13.2. The minimum Gasteiger partial charge on any atom is -0.442 e. The van der Waals surface area contributed by atoms with Crippen molar-refractivity contribution in [2.24, 2.45) is 0 Å². The molecule has 1 rings (SSSR count). The molecule has 0 unspecified atom stereocenters. The fraction of sp³-hybridized carbons (Fsp3) is 0.533. The normalized spacial score (nSPS) is 12.4. The lowest BCUT2D eigenvalue weighted by atomic mass is 10.0. The summed E-state index contributed by atoms with van der Waals surface area (Å²) in [5, 5.41) is 19.7. The standard InChI is InChI=1S/C15H21N3O4/c1-10-12(16-5)8-11(9-17-10)13(6-7-19)18(21)14(20)22-15(2,3)4/h8-9,13,19,21H,6-7H2,1-4H3/t13-/m0/s1. The van der Waals surface area contributed by atoms with Crippen LogP contribution in [0.15, 0.2) is 12.3 Å². The molecule has 0 saturated carbocycles. The van der Waals surface area contributed by atoms with E-state index in [1.54, 1.807) is 33.8 Å². The highest BCUT2D eigenvalue weighted by Gasteiger charge is 2.28. The molecule has 0 aromatic carbocycles. The first kappa shape index (κ1) is 17.9. The van der Waals surface area contributed by atoms with Crippen LogP contribution in [0.4, 0.5) is 10.5 Å². The van der Waals surface area contributed by atoms with Crippen molar-refractivity contribution < 1.29 is 19.8 Å². The number of aliphatic hydroxyl groups is 1. The van der Waals surface area contributed by atoms with E-state index >= 15 is 0 Å². The lowest BCUT2D eigenvalue weighted by Gasteiger charge is -2.29. The molecule has 1 heterocycles. The Bertz CT molecular complexity index is 575. The highest BCUT2D eigenvalue weighted by Crippen LogP contribution is 2.28. The molecule has 0 aliphatic carbocycles. The molecule has 0 aliphatic rings. The molecule has 0 saturated heterocycles. The number of hydroxylamine groups is 2. The van der Waals surface area contributed by atoms with Gasteiger partial charge in [0.15, 0.2) is 0 Å². The van der Waals surface area contributed by atoms with Crippen molar-refractivity contribution in [1.29, 1.82) is 0 Å². The molecular formula is C15H21N3O4. The van der Waals surface area contributed by atoms with Crippen LogP contribution >= 0.6 is 0 Å². The summed E-state index contributed by atoms with van der Waals surface area (Å²) >= 11 is 0. The first-order valence-corrected chi connectivity index (χ1v) is 6.85. The molecule has 0 radical (unpaired) electrons. The monoisotopic (exact) mass is 307 g/mol. The zero-order chi connectivity index (χ0) is 16.9. The minimum atomic E-state index is -0.920. The zero-order valence-electron chi connectivity index (χ0n) is 13.2. The number of hydrogen-bond donors (Lipinski definition) is 2. The fourth-order valence-electron chi connectivity index (χ4n) is 1.82. The van der Waals surface area contributed by atoms with Crippen molar-refractivity contribution in [3.63, 3.8) is 0 Å². The van der Waals surface area contributed by atoms with Crippen molar-refractivity contribution >= 4 is 11.8 Å². The first-order chi connectivity index (χ1) is 10.2. The van der Waals surface area contributed by atoms with Crippen LogP contribution in [0.2, 0.25) is 0 Å². The van der Waals surface area contributed by atoms with Crippen LogP contribution in [0, 0.1) is 13.5 Å². The second-order valence-corrected chi connectivity index (χ2v) is 5.84. The Morgan fingerprint density at radius 1 is 1.55 bits per heavy atom. The van der Waals surface area contributed by atoms with Gasteiger partial charge in [0.1, 0.15) is 5.60 Å². The van der Waals surface area contributed by atoms with Gasteiger partial charge >= 0.3 is 6.09 Å². The minimum absolute atomic E-state index is 0.0952. The number of aromatic nitrogens is 1. The van der Waals surface area contributed by atoms with Crippen molar-refractivity contribution in [2.75, 3.05) is 6.61 Å². The van der Waals surface area contributed by atoms with E-state index in [9.17, 15) is 15.1 Å². The van der Waals surface area contributed by atoms with Crippen molar-refractivity contribution in [3.8, 4) is 0 Å². The van der Waals surface area contributed by atoms with Crippen LogP contribution < -0.4 is 0 Å². The molecule has 120 valence electrons. The lowest BCUT2D eigenvalue weighted by molar-refractivity contribution is -0.125. The van der Waals surface area contributed by atoms with E-state index in [1.807, 2.05) is 0 Å². The molecule has 1 atom stereocenters. The van der Waals surface area contributed by atoms with E-state index in [4.69, 9.17) is 11.3 Å². The molecule has 22 heavy (non-hydrogen) atoms. The Balaban J connectivity index is 3.08. The summed E-state index contributed by atoms with van der Waals surface area (Å²) in [7, 11) is 0. The lowest BCUT2D eigenvalue weighted by Crippen LogP contribution is -2.37. The van der Waals surface area contributed by atoms with Crippen molar-refractivity contribution in [3.05, 3.63) is 34.9 Å². The summed E-state index contributed by atoms with van der Waals surface area (Å²) in [5.74, 6) is 0. The number of hydrogen-bond acceptors (Lipinski definition) is 5. The molecule has 2 N–H and O–H groups in total. The van der Waals surface area contributed by atoms with Gasteiger partial charge in [0.2, 0.25) is 5.69 Å². The second-order valence-electron chi connectivity index (χ2n) is 5.84. The summed E-state index contributed by atoms with van der Waals surface area (Å²) in [6, 6.07) is 0.705. The van der Waals surface area contributed by atoms with Crippen molar-refractivity contribution in [1.82, 2.24) is 10.0 Å². The molecule has 7 heteroatoms. The Hall–Kier alpha value is -2.17. The molecule has 0 fully saturated rings. The van der Waals surface area contributed by atoms with Gasteiger partial charge in [-0.1, -0.05) is 0 Å². The summed E-state index contributed by atoms with van der Waals surface area (Å²) in [6.45, 7) is 13.6. The van der Waals surface area contributed by atoms with E-state index < -0.39 is 17.7 Å². The summed E-state index contributed by atoms with van der Waals surface area (Å²) in [5.41, 5.74) is 0.593. The number of carbonyl (C=O) groups is 1. The number of pyridine rings is 1. The number of aryl methyl sites for hydroxylation is 1. The van der Waals surface area contributed by atoms with Gasteiger partial charge in [0.25, 0.3) is 0 Å². The maximum absolute atomic E-state index is 12.0. The second kappa shape index (κ2) is 7.20. The largest absolute Gasteiger partial charge is 0.442 e. The fourth-order valence-corrected chi connectivity index (χ4v) is 1.82. The van der Waals surface area contributed by atoms with Gasteiger partial charge < -0.3 is 9.84 Å². The number of rotatable bonds is 4. The van der Waals surface area contributed by atoms with Gasteiger partial charge in [-0.2, -0.15) is 5.06 Å². The maximum Gasteiger partial charge on any atom is 0.434 e. The third-order valence-electron chi connectivity index (χ3n) is 2.86. The maximum atomic E-state index is 12.0. The predicted molar refractivity (Wildman–Crippen MR) is 79.5 cm³/mol. The molecule has 0 bridgehead atoms. The molecule has 7 nitrogen and oxygen atoms in total. The van der Waals surface area contributed by atoms with Gasteiger partial charge in [-0.15, -0.1) is 0 Å². The van der Waals surface area contributed by atoms with Crippen LogP contribution in [0.3, 0.4) is 0 Å². The molecule has 0 spiro atoms. The summed E-state index contributed by atoms with van der Waals surface area (Å²) < 4.78 is 5.10. The van der Waals surface area contributed by atoms with Gasteiger partial charge in [0.05, 0.1) is 12.6 Å². The van der Waals surface area contributed by atoms with Crippen LogP contribution in [0.5, 0.6) is 0 Å². The predicted octanol–water partition coefficient (Wildman–Crippen LogP) is 2.99. The van der Waals surface area contributed by atoms with Crippen LogP contribution in [-0.4, -0.2) is 38.7 Å². The van der Waals surface area contributed by atoms with Crippen LogP contribution in [0.1, 0.15) is 44.5 Å². The number of nitrogens with zero attached hydrogens (tertiary/aromatic N) is 3. The van der Waals surface area contributed by atoms with Gasteiger partial charge in [-0.05, 0) is 45.7 Å². The Labute approximate surface area is 129 Å². The smallest absolute Gasteiger partial charge is 0.434 e. The van der Waals surface area contributed by atoms with Crippen molar-refractivity contribution in [2.45, 2.75) is 45.8 Å².